The van der Waals surface area contributed by atoms with Crippen molar-refractivity contribution < 1.29 is 9.52 Å². The van der Waals surface area contributed by atoms with Gasteiger partial charge in [0.05, 0.1) is 0 Å². The Balaban J connectivity index is 1.90. The maximum atomic E-state index is 9.49. The van der Waals surface area contributed by atoms with Crippen LogP contribution >= 0.6 is 0 Å². The van der Waals surface area contributed by atoms with Gasteiger partial charge in [-0.15, -0.1) is 0 Å². The second-order valence-corrected chi connectivity index (χ2v) is 4.89. The number of phenols is 1. The van der Waals surface area contributed by atoms with Gasteiger partial charge in [0.25, 0.3) is 0 Å². The molecule has 3 aromatic carbocycles. The summed E-state index contributed by atoms with van der Waals surface area (Å²) in [4.78, 5) is 0. The summed E-state index contributed by atoms with van der Waals surface area (Å²) in [5.41, 5.74) is 1.94. The van der Waals surface area contributed by atoms with Crippen LogP contribution in [0.15, 0.2) is 71.1 Å². The maximum absolute atomic E-state index is 9.49. The van der Waals surface area contributed by atoms with E-state index in [4.69, 9.17) is 4.42 Å². The molecule has 0 atom stereocenters. The first-order valence-corrected chi connectivity index (χ1v) is 6.51. The summed E-state index contributed by atoms with van der Waals surface area (Å²) in [7, 11) is 0. The molecule has 1 N–H and O–H groups in total. The number of rotatable bonds is 1. The number of hydrogen-bond donors (Lipinski definition) is 1. The molecule has 0 saturated carbocycles. The molecule has 1 aromatic heterocycles. The SMILES string of the molecule is Oc1ccc2cc(-c3cc4ccccc4o3)ccc2c1. The van der Waals surface area contributed by atoms with Gasteiger partial charge in [-0.05, 0) is 41.1 Å². The first-order valence-electron chi connectivity index (χ1n) is 6.51. The molecule has 0 unspecified atom stereocenters. The summed E-state index contributed by atoms with van der Waals surface area (Å²) < 4.78 is 5.88. The molecule has 0 aliphatic heterocycles. The predicted molar refractivity (Wildman–Crippen MR) is 80.8 cm³/mol. The van der Waals surface area contributed by atoms with Gasteiger partial charge in [0.1, 0.15) is 17.1 Å². The van der Waals surface area contributed by atoms with E-state index in [9.17, 15) is 5.11 Å². The Morgan fingerprint density at radius 2 is 1.50 bits per heavy atom. The van der Waals surface area contributed by atoms with E-state index in [2.05, 4.69) is 12.1 Å². The lowest BCUT2D eigenvalue weighted by atomic mass is 10.1. The van der Waals surface area contributed by atoms with Gasteiger partial charge in [0.15, 0.2) is 0 Å². The number of para-hydroxylation sites is 1. The van der Waals surface area contributed by atoms with Crippen molar-refractivity contribution in [1.29, 1.82) is 0 Å². The largest absolute Gasteiger partial charge is 0.508 e. The third kappa shape index (κ3) is 1.74. The lowest BCUT2D eigenvalue weighted by molar-refractivity contribution is 0.476. The quantitative estimate of drug-likeness (QED) is 0.525. The number of phenolic OH excluding ortho intramolecular Hbond substituents is 1. The van der Waals surface area contributed by atoms with E-state index in [-0.39, 0.29) is 5.75 Å². The Hall–Kier alpha value is -2.74. The number of fused-ring (bicyclic) bond motifs is 2. The zero-order valence-electron chi connectivity index (χ0n) is 10.7. The molecule has 0 saturated heterocycles. The molecule has 2 heteroatoms. The van der Waals surface area contributed by atoms with Crippen LogP contribution in [0, 0.1) is 0 Å². The first-order chi connectivity index (χ1) is 9.79. The Labute approximate surface area is 115 Å². The normalized spacial score (nSPS) is 11.2. The zero-order chi connectivity index (χ0) is 13.5. The van der Waals surface area contributed by atoms with E-state index in [0.29, 0.717) is 0 Å². The summed E-state index contributed by atoms with van der Waals surface area (Å²) in [5, 5.41) is 12.7. The van der Waals surface area contributed by atoms with Crippen LogP contribution in [0.1, 0.15) is 0 Å². The van der Waals surface area contributed by atoms with E-state index in [0.717, 1.165) is 33.1 Å². The molecule has 4 aromatic rings. The van der Waals surface area contributed by atoms with Crippen LogP contribution < -0.4 is 0 Å². The topological polar surface area (TPSA) is 33.4 Å². The molecule has 1 heterocycles. The first kappa shape index (κ1) is 11.1. The molecular formula is C18H12O2. The highest BCUT2D eigenvalue weighted by molar-refractivity contribution is 5.89. The molecule has 0 aliphatic rings. The Bertz CT molecular complexity index is 886. The van der Waals surface area contributed by atoms with E-state index in [1.807, 2.05) is 42.5 Å². The smallest absolute Gasteiger partial charge is 0.135 e. The molecule has 0 amide bonds. The van der Waals surface area contributed by atoms with E-state index >= 15 is 0 Å². The van der Waals surface area contributed by atoms with Gasteiger partial charge in [0, 0.05) is 10.9 Å². The third-order valence-corrected chi connectivity index (χ3v) is 3.53. The van der Waals surface area contributed by atoms with Crippen molar-refractivity contribution in [3.8, 4) is 17.1 Å². The van der Waals surface area contributed by atoms with Gasteiger partial charge in [0.2, 0.25) is 0 Å². The molecular weight excluding hydrogens is 248 g/mol. The van der Waals surface area contributed by atoms with Crippen LogP contribution in [0.3, 0.4) is 0 Å². The number of hydrogen-bond acceptors (Lipinski definition) is 2. The fraction of sp³-hybridized carbons (Fsp3) is 0. The van der Waals surface area contributed by atoms with E-state index in [1.165, 1.54) is 0 Å². The molecule has 2 nitrogen and oxygen atoms in total. The minimum absolute atomic E-state index is 0.286. The molecule has 0 bridgehead atoms. The van der Waals surface area contributed by atoms with Crippen LogP contribution in [-0.2, 0) is 0 Å². The second-order valence-electron chi connectivity index (χ2n) is 4.89. The molecule has 4 rings (SSSR count). The Morgan fingerprint density at radius 3 is 2.40 bits per heavy atom. The van der Waals surface area contributed by atoms with Crippen molar-refractivity contribution in [3.63, 3.8) is 0 Å². The van der Waals surface area contributed by atoms with Gasteiger partial charge in [-0.3, -0.25) is 0 Å². The average molecular weight is 260 g/mol. The highest BCUT2D eigenvalue weighted by Gasteiger charge is 2.06. The van der Waals surface area contributed by atoms with Crippen molar-refractivity contribution >= 4 is 21.7 Å². The lowest BCUT2D eigenvalue weighted by Crippen LogP contribution is -1.76. The fourth-order valence-electron chi connectivity index (χ4n) is 2.51. The van der Waals surface area contributed by atoms with Crippen LogP contribution in [0.5, 0.6) is 5.75 Å². The van der Waals surface area contributed by atoms with Gasteiger partial charge in [-0.1, -0.05) is 36.4 Å². The van der Waals surface area contributed by atoms with Crippen molar-refractivity contribution in [1.82, 2.24) is 0 Å². The summed E-state index contributed by atoms with van der Waals surface area (Å²) in [6.45, 7) is 0. The Morgan fingerprint density at radius 1 is 0.700 bits per heavy atom. The molecule has 20 heavy (non-hydrogen) atoms. The zero-order valence-corrected chi connectivity index (χ0v) is 10.7. The highest BCUT2D eigenvalue weighted by Crippen LogP contribution is 2.30. The van der Waals surface area contributed by atoms with Gasteiger partial charge in [-0.25, -0.2) is 0 Å². The third-order valence-electron chi connectivity index (χ3n) is 3.53. The van der Waals surface area contributed by atoms with Crippen molar-refractivity contribution in [2.45, 2.75) is 0 Å². The van der Waals surface area contributed by atoms with Crippen molar-refractivity contribution in [3.05, 3.63) is 66.7 Å². The molecule has 96 valence electrons. The van der Waals surface area contributed by atoms with Crippen LogP contribution in [-0.4, -0.2) is 5.11 Å². The van der Waals surface area contributed by atoms with Gasteiger partial charge >= 0.3 is 0 Å². The molecule has 0 fully saturated rings. The van der Waals surface area contributed by atoms with E-state index < -0.39 is 0 Å². The molecule has 0 aliphatic carbocycles. The minimum Gasteiger partial charge on any atom is -0.508 e. The number of aromatic hydroxyl groups is 1. The van der Waals surface area contributed by atoms with Crippen molar-refractivity contribution in [2.75, 3.05) is 0 Å². The maximum Gasteiger partial charge on any atom is 0.135 e. The monoisotopic (exact) mass is 260 g/mol. The van der Waals surface area contributed by atoms with Gasteiger partial charge in [-0.2, -0.15) is 0 Å². The Kier molecular flexibility index (Phi) is 2.30. The fourth-order valence-corrected chi connectivity index (χ4v) is 2.51. The minimum atomic E-state index is 0.286. The van der Waals surface area contributed by atoms with E-state index in [1.54, 1.807) is 12.1 Å². The second kappa shape index (κ2) is 4.14. The average Bonchev–Trinajstić information content (AvgIpc) is 2.90. The lowest BCUT2D eigenvalue weighted by Gasteiger charge is -2.01. The predicted octanol–water partition coefficient (Wildman–Crippen LogP) is 4.96. The summed E-state index contributed by atoms with van der Waals surface area (Å²) in [6.07, 6.45) is 0. The van der Waals surface area contributed by atoms with Crippen LogP contribution in [0.25, 0.3) is 33.1 Å². The highest BCUT2D eigenvalue weighted by atomic mass is 16.3. The van der Waals surface area contributed by atoms with Crippen LogP contribution in [0.4, 0.5) is 0 Å². The summed E-state index contributed by atoms with van der Waals surface area (Å²) >= 11 is 0. The number of furan rings is 1. The van der Waals surface area contributed by atoms with Crippen LogP contribution in [0.2, 0.25) is 0 Å². The van der Waals surface area contributed by atoms with Gasteiger partial charge < -0.3 is 9.52 Å². The van der Waals surface area contributed by atoms with Crippen molar-refractivity contribution in [2.24, 2.45) is 0 Å². The summed E-state index contributed by atoms with van der Waals surface area (Å²) in [5.74, 6) is 1.15. The summed E-state index contributed by atoms with van der Waals surface area (Å²) in [6, 6.07) is 21.5. The number of benzene rings is 3. The standard InChI is InChI=1S/C18H12O2/c19-16-8-7-12-9-15(6-5-13(12)10-16)18-11-14-3-1-2-4-17(14)20-18/h1-11,19H. The molecule has 0 radical (unpaired) electrons. The molecule has 0 spiro atoms.